The number of nitrogen functional groups attached to an aromatic ring is 1. The number of hydrogen-bond donors (Lipinski definition) is 2. The van der Waals surface area contributed by atoms with Crippen LogP contribution < -0.4 is 11.1 Å². The first kappa shape index (κ1) is 20.0. The summed E-state index contributed by atoms with van der Waals surface area (Å²) >= 11 is 1.50. The van der Waals surface area contributed by atoms with Crippen molar-refractivity contribution in [2.75, 3.05) is 11.5 Å². The number of amides is 1. The van der Waals surface area contributed by atoms with Crippen molar-refractivity contribution in [2.24, 2.45) is 10.9 Å². The monoisotopic (exact) mass is 393 g/mol. The Morgan fingerprint density at radius 2 is 2.15 bits per heavy atom. The minimum absolute atomic E-state index is 0.213. The van der Waals surface area contributed by atoms with E-state index in [4.69, 9.17) is 15.5 Å². The van der Waals surface area contributed by atoms with Crippen LogP contribution in [0.15, 0.2) is 23.2 Å². The van der Waals surface area contributed by atoms with Gasteiger partial charge in [-0.3, -0.25) is 10.3 Å². The number of carbonyl (C=O) groups is 1. The predicted molar refractivity (Wildman–Crippen MR) is 108 cm³/mol. The molecule has 0 radical (unpaired) electrons. The Morgan fingerprint density at radius 1 is 1.37 bits per heavy atom. The fourth-order valence-electron chi connectivity index (χ4n) is 3.91. The van der Waals surface area contributed by atoms with Crippen LogP contribution >= 0.6 is 11.8 Å². The number of halogens is 1. The number of nitrogens with two attached hydrogens (primary N) is 1. The van der Waals surface area contributed by atoms with Gasteiger partial charge in [0.05, 0.1) is 5.54 Å². The number of benzene rings is 1. The van der Waals surface area contributed by atoms with E-state index in [0.717, 1.165) is 37.9 Å². The van der Waals surface area contributed by atoms with Crippen molar-refractivity contribution < 1.29 is 13.9 Å². The van der Waals surface area contributed by atoms with Crippen molar-refractivity contribution in [1.29, 1.82) is 0 Å². The number of anilines is 1. The molecule has 3 N–H and O–H groups in total. The lowest BCUT2D eigenvalue weighted by Crippen LogP contribution is -2.44. The third-order valence-electron chi connectivity index (χ3n) is 5.07. The van der Waals surface area contributed by atoms with E-state index in [-0.39, 0.29) is 11.7 Å². The average molecular weight is 394 g/mol. The lowest BCUT2D eigenvalue weighted by Gasteiger charge is -2.40. The van der Waals surface area contributed by atoms with Gasteiger partial charge in [0.25, 0.3) is 0 Å². The molecule has 1 aromatic rings. The van der Waals surface area contributed by atoms with E-state index in [0.29, 0.717) is 16.4 Å². The van der Waals surface area contributed by atoms with Crippen LogP contribution in [0.3, 0.4) is 0 Å². The van der Waals surface area contributed by atoms with Gasteiger partial charge in [-0.15, -0.1) is 0 Å². The zero-order valence-corrected chi connectivity index (χ0v) is 17.0. The van der Waals surface area contributed by atoms with Crippen molar-refractivity contribution in [3.05, 3.63) is 29.6 Å². The van der Waals surface area contributed by atoms with Gasteiger partial charge in [0.1, 0.15) is 11.4 Å². The second kappa shape index (κ2) is 7.70. The Labute approximate surface area is 164 Å². The van der Waals surface area contributed by atoms with Crippen molar-refractivity contribution in [2.45, 2.75) is 64.0 Å². The number of ether oxygens (including phenoxy) is 1. The Kier molecular flexibility index (Phi) is 5.70. The van der Waals surface area contributed by atoms with E-state index in [2.05, 4.69) is 5.32 Å². The number of carbonyl (C=O) groups excluding carboxylic acids is 1. The fourth-order valence-corrected chi connectivity index (χ4v) is 5.10. The van der Waals surface area contributed by atoms with Crippen molar-refractivity contribution in [3.8, 4) is 0 Å². The minimum atomic E-state index is -0.689. The maximum absolute atomic E-state index is 14.8. The molecule has 1 aliphatic carbocycles. The molecule has 1 fully saturated rings. The van der Waals surface area contributed by atoms with Crippen LogP contribution in [0.5, 0.6) is 0 Å². The smallest absolute Gasteiger partial charge is 0.413 e. The van der Waals surface area contributed by atoms with E-state index in [1.54, 1.807) is 12.1 Å². The zero-order chi connectivity index (χ0) is 19.7. The molecule has 0 aromatic heterocycles. The van der Waals surface area contributed by atoms with Crippen LogP contribution in [0, 0.1) is 11.7 Å². The summed E-state index contributed by atoms with van der Waals surface area (Å²) < 4.78 is 20.2. The summed E-state index contributed by atoms with van der Waals surface area (Å²) in [6.45, 7) is 5.44. The molecule has 148 valence electrons. The van der Waals surface area contributed by atoms with Crippen molar-refractivity contribution in [1.82, 2.24) is 5.32 Å². The molecule has 1 saturated carbocycles. The topological polar surface area (TPSA) is 76.7 Å². The van der Waals surface area contributed by atoms with Gasteiger partial charge in [-0.2, -0.15) is 0 Å². The summed E-state index contributed by atoms with van der Waals surface area (Å²) in [5.74, 6) is 0.705. The highest BCUT2D eigenvalue weighted by Gasteiger charge is 2.45. The Morgan fingerprint density at radius 3 is 2.89 bits per heavy atom. The highest BCUT2D eigenvalue weighted by molar-refractivity contribution is 8.13. The van der Waals surface area contributed by atoms with Gasteiger partial charge in [-0.05, 0) is 57.7 Å². The van der Waals surface area contributed by atoms with Gasteiger partial charge in [0.2, 0.25) is 0 Å². The molecule has 2 aliphatic rings. The van der Waals surface area contributed by atoms with Crippen LogP contribution in [-0.4, -0.2) is 22.6 Å². The maximum Gasteiger partial charge on any atom is 0.413 e. The number of aliphatic imine (C=N–C) groups is 1. The molecule has 7 heteroatoms. The molecule has 2 atom stereocenters. The SMILES string of the molecule is CC(C)(C)OC(=O)NC1=N[C@@]2(c3cc(N)ccc3F)CCCCC[C@H]2CS1. The summed E-state index contributed by atoms with van der Waals surface area (Å²) in [6, 6.07) is 4.69. The number of fused-ring (bicyclic) bond motifs is 1. The third-order valence-corrected chi connectivity index (χ3v) is 6.11. The molecule has 0 saturated heterocycles. The maximum atomic E-state index is 14.8. The summed E-state index contributed by atoms with van der Waals surface area (Å²) in [7, 11) is 0. The molecule has 0 unspecified atom stereocenters. The van der Waals surface area contributed by atoms with Gasteiger partial charge < -0.3 is 10.5 Å². The van der Waals surface area contributed by atoms with Crippen molar-refractivity contribution >= 4 is 28.7 Å². The zero-order valence-electron chi connectivity index (χ0n) is 16.2. The second-order valence-electron chi connectivity index (χ2n) is 8.31. The molecule has 27 heavy (non-hydrogen) atoms. The van der Waals surface area contributed by atoms with E-state index in [1.165, 1.54) is 17.8 Å². The van der Waals surface area contributed by atoms with E-state index >= 15 is 0 Å². The number of rotatable bonds is 1. The van der Waals surface area contributed by atoms with Crippen LogP contribution in [0.25, 0.3) is 0 Å². The summed E-state index contributed by atoms with van der Waals surface area (Å²) in [6.07, 6.45) is 4.39. The Hall–Kier alpha value is -1.76. The first-order valence-corrected chi connectivity index (χ1v) is 10.5. The first-order valence-electron chi connectivity index (χ1n) is 9.48. The van der Waals surface area contributed by atoms with E-state index in [9.17, 15) is 9.18 Å². The number of nitrogens with zero attached hydrogens (tertiary/aromatic N) is 1. The fraction of sp³-hybridized carbons (Fsp3) is 0.600. The van der Waals surface area contributed by atoms with Gasteiger partial charge in [-0.1, -0.05) is 31.0 Å². The molecule has 1 aliphatic heterocycles. The molecule has 0 bridgehead atoms. The minimum Gasteiger partial charge on any atom is -0.444 e. The summed E-state index contributed by atoms with van der Waals surface area (Å²) in [5.41, 5.74) is 5.75. The molecular formula is C20H28FN3O2S. The second-order valence-corrected chi connectivity index (χ2v) is 9.32. The van der Waals surface area contributed by atoms with Crippen LogP contribution in [0.1, 0.15) is 58.4 Å². The highest BCUT2D eigenvalue weighted by atomic mass is 32.2. The molecule has 1 heterocycles. The molecule has 1 aromatic carbocycles. The Bertz CT molecular complexity index is 747. The molecule has 0 spiro atoms. The predicted octanol–water partition coefficient (Wildman–Crippen LogP) is 4.81. The summed E-state index contributed by atoms with van der Waals surface area (Å²) in [4.78, 5) is 17.1. The molecule has 3 rings (SSSR count). The number of nitrogens with one attached hydrogen (secondary N) is 1. The normalized spacial score (nSPS) is 25.8. The molecule has 1 amide bonds. The number of alkyl carbamates (subject to hydrolysis) is 1. The average Bonchev–Trinajstić information content (AvgIpc) is 2.78. The van der Waals surface area contributed by atoms with Gasteiger partial charge in [0, 0.05) is 17.0 Å². The lowest BCUT2D eigenvalue weighted by atomic mass is 9.75. The third kappa shape index (κ3) is 4.57. The quantitative estimate of drug-likeness (QED) is 0.671. The first-order chi connectivity index (χ1) is 12.7. The lowest BCUT2D eigenvalue weighted by molar-refractivity contribution is 0.0563. The highest BCUT2D eigenvalue weighted by Crippen LogP contribution is 2.49. The van der Waals surface area contributed by atoms with Crippen molar-refractivity contribution in [3.63, 3.8) is 0 Å². The largest absolute Gasteiger partial charge is 0.444 e. The number of thioether (sulfide) groups is 1. The molecular weight excluding hydrogens is 365 g/mol. The van der Waals surface area contributed by atoms with Gasteiger partial charge in [-0.25, -0.2) is 9.18 Å². The standard InChI is InChI=1S/C20H28FN3O2S/c1-19(2,3)26-18(25)23-17-24-20(15-11-14(22)8-9-16(15)21)10-6-4-5-7-13(20)12-27-17/h8-9,11,13H,4-7,10,12,22H2,1-3H3,(H,23,24,25)/t13-,20-/m0/s1. The number of amidine groups is 1. The van der Waals surface area contributed by atoms with Gasteiger partial charge >= 0.3 is 6.09 Å². The van der Waals surface area contributed by atoms with Crippen LogP contribution in [-0.2, 0) is 10.3 Å². The van der Waals surface area contributed by atoms with E-state index < -0.39 is 17.2 Å². The van der Waals surface area contributed by atoms with Gasteiger partial charge in [0.15, 0.2) is 5.17 Å². The summed E-state index contributed by atoms with van der Waals surface area (Å²) in [5, 5.41) is 3.25. The van der Waals surface area contributed by atoms with Crippen LogP contribution in [0.2, 0.25) is 0 Å². The number of hydrogen-bond acceptors (Lipinski definition) is 5. The van der Waals surface area contributed by atoms with Crippen LogP contribution in [0.4, 0.5) is 14.9 Å². The Balaban J connectivity index is 1.98. The molecule has 5 nitrogen and oxygen atoms in total. The van der Waals surface area contributed by atoms with E-state index in [1.807, 2.05) is 20.8 Å².